The van der Waals surface area contributed by atoms with E-state index in [9.17, 15) is 14.7 Å². The normalized spacial score (nSPS) is 19.9. The van der Waals surface area contributed by atoms with Crippen LogP contribution in [0.2, 0.25) is 0 Å². The summed E-state index contributed by atoms with van der Waals surface area (Å²) in [6, 6.07) is 9.94. The fourth-order valence-corrected chi connectivity index (χ4v) is 4.99. The second-order valence-electron chi connectivity index (χ2n) is 9.64. The number of aliphatic hydroxyl groups is 1. The molecule has 2 aliphatic rings. The van der Waals surface area contributed by atoms with Crippen LogP contribution in [0.15, 0.2) is 42.0 Å². The third-order valence-electron chi connectivity index (χ3n) is 6.83. The summed E-state index contributed by atoms with van der Waals surface area (Å²) in [4.78, 5) is 27.9. The topological polar surface area (TPSA) is 94.5 Å². The monoisotopic (exact) mass is 523 g/mol. The highest BCUT2D eigenvalue weighted by molar-refractivity contribution is 6.46. The number of likely N-dealkylation sites (tertiary alicyclic amines) is 1. The molecule has 2 aromatic carbocycles. The van der Waals surface area contributed by atoms with Crippen molar-refractivity contribution in [2.24, 2.45) is 0 Å². The summed E-state index contributed by atoms with van der Waals surface area (Å²) < 4.78 is 22.8. The van der Waals surface area contributed by atoms with Crippen LogP contribution in [0.4, 0.5) is 0 Å². The summed E-state index contributed by atoms with van der Waals surface area (Å²) in [6.45, 7) is 7.43. The third-order valence-corrected chi connectivity index (χ3v) is 6.83. The lowest BCUT2D eigenvalue weighted by atomic mass is 9.94. The predicted molar refractivity (Wildman–Crippen MR) is 144 cm³/mol. The van der Waals surface area contributed by atoms with Crippen LogP contribution >= 0.6 is 0 Å². The van der Waals surface area contributed by atoms with Gasteiger partial charge in [-0.1, -0.05) is 25.8 Å². The zero-order chi connectivity index (χ0) is 27.2. The number of hydrogen-bond donors (Lipinski definition) is 1. The van der Waals surface area contributed by atoms with Crippen LogP contribution in [0, 0.1) is 0 Å². The molecule has 8 nitrogen and oxygen atoms in total. The molecule has 2 aliphatic heterocycles. The molecule has 2 atom stereocenters. The molecule has 4 rings (SSSR count). The number of unbranched alkanes of at least 4 members (excludes halogenated alkanes) is 2. The first-order chi connectivity index (χ1) is 18.4. The SMILES string of the molecule is CCCCCOc1ccc([C@H]2C(=C(O)c3ccc4c(c3)C[C@@H](C)O4)C(=O)C(=O)N2CCOC)cc1OCC. The second-order valence-corrected chi connectivity index (χ2v) is 9.64. The highest BCUT2D eigenvalue weighted by Crippen LogP contribution is 2.42. The van der Waals surface area contributed by atoms with Crippen molar-refractivity contribution in [3.8, 4) is 17.2 Å². The van der Waals surface area contributed by atoms with E-state index in [2.05, 4.69) is 6.92 Å². The van der Waals surface area contributed by atoms with Crippen LogP contribution in [0.5, 0.6) is 17.2 Å². The number of ether oxygens (including phenoxy) is 4. The van der Waals surface area contributed by atoms with Crippen LogP contribution in [-0.4, -0.2) is 61.3 Å². The van der Waals surface area contributed by atoms with Crippen molar-refractivity contribution in [2.45, 2.75) is 58.6 Å². The molecule has 0 saturated carbocycles. The van der Waals surface area contributed by atoms with Gasteiger partial charge in [0.2, 0.25) is 0 Å². The number of aliphatic hydroxyl groups excluding tert-OH is 1. The fraction of sp³-hybridized carbons (Fsp3) is 0.467. The lowest BCUT2D eigenvalue weighted by molar-refractivity contribution is -0.140. The number of carbonyl (C=O) groups is 2. The Morgan fingerprint density at radius 2 is 1.87 bits per heavy atom. The fourth-order valence-electron chi connectivity index (χ4n) is 4.99. The van der Waals surface area contributed by atoms with Crippen molar-refractivity contribution >= 4 is 17.4 Å². The van der Waals surface area contributed by atoms with Gasteiger partial charge in [-0.25, -0.2) is 0 Å². The quantitative estimate of drug-likeness (QED) is 0.180. The Morgan fingerprint density at radius 3 is 2.61 bits per heavy atom. The van der Waals surface area contributed by atoms with Crippen molar-refractivity contribution in [3.63, 3.8) is 0 Å². The molecule has 1 N–H and O–H groups in total. The van der Waals surface area contributed by atoms with E-state index in [1.807, 2.05) is 26.0 Å². The number of amides is 1. The molecule has 0 aromatic heterocycles. The Labute approximate surface area is 224 Å². The van der Waals surface area contributed by atoms with E-state index in [0.717, 1.165) is 30.6 Å². The van der Waals surface area contributed by atoms with E-state index in [-0.39, 0.29) is 30.6 Å². The molecule has 0 radical (unpaired) electrons. The van der Waals surface area contributed by atoms with Gasteiger partial charge < -0.3 is 29.0 Å². The molecule has 1 amide bonds. The molecule has 1 saturated heterocycles. The van der Waals surface area contributed by atoms with Crippen LogP contribution in [-0.2, 0) is 20.7 Å². The minimum Gasteiger partial charge on any atom is -0.507 e. The molecule has 0 spiro atoms. The first kappa shape index (κ1) is 27.5. The van der Waals surface area contributed by atoms with Gasteiger partial charge in [0.05, 0.1) is 31.4 Å². The minimum absolute atomic E-state index is 0.0390. The maximum absolute atomic E-state index is 13.3. The molecule has 0 unspecified atom stereocenters. The second kappa shape index (κ2) is 12.3. The van der Waals surface area contributed by atoms with Crippen LogP contribution in [0.3, 0.4) is 0 Å². The van der Waals surface area contributed by atoms with E-state index < -0.39 is 17.7 Å². The van der Waals surface area contributed by atoms with Gasteiger partial charge in [0, 0.05) is 25.6 Å². The lowest BCUT2D eigenvalue weighted by Crippen LogP contribution is -2.32. The van der Waals surface area contributed by atoms with Gasteiger partial charge in [0.25, 0.3) is 11.7 Å². The van der Waals surface area contributed by atoms with E-state index >= 15 is 0 Å². The van der Waals surface area contributed by atoms with Gasteiger partial charge in [-0.3, -0.25) is 9.59 Å². The number of methoxy groups -OCH3 is 1. The van der Waals surface area contributed by atoms with Crippen molar-refractivity contribution in [3.05, 3.63) is 58.7 Å². The van der Waals surface area contributed by atoms with E-state index in [1.54, 1.807) is 24.3 Å². The van der Waals surface area contributed by atoms with Gasteiger partial charge >= 0.3 is 0 Å². The highest BCUT2D eigenvalue weighted by Gasteiger charge is 2.46. The van der Waals surface area contributed by atoms with Gasteiger partial charge in [0.15, 0.2) is 11.5 Å². The molecule has 8 heteroatoms. The molecule has 2 heterocycles. The van der Waals surface area contributed by atoms with Crippen LogP contribution in [0.1, 0.15) is 62.8 Å². The van der Waals surface area contributed by atoms with Crippen molar-refractivity contribution < 1.29 is 33.6 Å². The van der Waals surface area contributed by atoms with Gasteiger partial charge in [-0.05, 0) is 61.7 Å². The number of fused-ring (bicyclic) bond motifs is 1. The summed E-state index contributed by atoms with van der Waals surface area (Å²) in [5.41, 5.74) is 2.11. The Morgan fingerprint density at radius 1 is 1.05 bits per heavy atom. The first-order valence-corrected chi connectivity index (χ1v) is 13.4. The molecule has 204 valence electrons. The smallest absolute Gasteiger partial charge is 0.295 e. The van der Waals surface area contributed by atoms with Gasteiger partial charge in [-0.15, -0.1) is 0 Å². The standard InChI is InChI=1S/C30H37NO7/c1-5-7-8-14-37-24-12-9-20(18-25(24)36-6-2)27-26(29(33)30(34)31(27)13-15-35-4)28(32)21-10-11-23-22(17-21)16-19(3)38-23/h9-12,17-19,27,32H,5-8,13-16H2,1-4H3/t19-,27+/m1/s1. The maximum atomic E-state index is 13.3. The Balaban J connectivity index is 1.76. The number of Topliss-reactive ketones (excluding diaryl/α,β-unsaturated/α-hetero) is 1. The zero-order valence-corrected chi connectivity index (χ0v) is 22.6. The Bertz CT molecular complexity index is 1210. The average Bonchev–Trinajstić information content (AvgIpc) is 3.41. The summed E-state index contributed by atoms with van der Waals surface area (Å²) in [7, 11) is 1.54. The number of rotatable bonds is 12. The Kier molecular flexibility index (Phi) is 8.94. The lowest BCUT2D eigenvalue weighted by Gasteiger charge is -2.26. The number of hydrogen-bond acceptors (Lipinski definition) is 7. The summed E-state index contributed by atoms with van der Waals surface area (Å²) >= 11 is 0. The molecule has 0 aliphatic carbocycles. The number of ketones is 1. The van der Waals surface area contributed by atoms with Crippen molar-refractivity contribution in [1.29, 1.82) is 0 Å². The molecule has 1 fully saturated rings. The van der Waals surface area contributed by atoms with E-state index in [0.29, 0.717) is 42.3 Å². The molecule has 0 bridgehead atoms. The molecular weight excluding hydrogens is 486 g/mol. The number of benzene rings is 2. The van der Waals surface area contributed by atoms with Crippen LogP contribution < -0.4 is 14.2 Å². The van der Waals surface area contributed by atoms with Crippen molar-refractivity contribution in [2.75, 3.05) is 33.5 Å². The van der Waals surface area contributed by atoms with Crippen LogP contribution in [0.25, 0.3) is 5.76 Å². The summed E-state index contributed by atoms with van der Waals surface area (Å²) in [6.07, 6.45) is 3.85. The largest absolute Gasteiger partial charge is 0.507 e. The molecule has 2 aromatic rings. The number of nitrogens with zero attached hydrogens (tertiary/aromatic N) is 1. The minimum atomic E-state index is -0.804. The predicted octanol–water partition coefficient (Wildman–Crippen LogP) is 5.05. The summed E-state index contributed by atoms with van der Waals surface area (Å²) in [5.74, 6) is 0.280. The maximum Gasteiger partial charge on any atom is 0.295 e. The number of carbonyl (C=O) groups excluding carboxylic acids is 2. The van der Waals surface area contributed by atoms with E-state index in [4.69, 9.17) is 18.9 Å². The van der Waals surface area contributed by atoms with Gasteiger partial charge in [0.1, 0.15) is 17.6 Å². The molecular formula is C30H37NO7. The first-order valence-electron chi connectivity index (χ1n) is 13.4. The average molecular weight is 524 g/mol. The summed E-state index contributed by atoms with van der Waals surface area (Å²) in [5, 5.41) is 11.4. The highest BCUT2D eigenvalue weighted by atomic mass is 16.5. The van der Waals surface area contributed by atoms with Gasteiger partial charge in [-0.2, -0.15) is 0 Å². The third kappa shape index (κ3) is 5.65. The van der Waals surface area contributed by atoms with E-state index in [1.165, 1.54) is 12.0 Å². The zero-order valence-electron chi connectivity index (χ0n) is 22.6. The Hall–Kier alpha value is -3.52. The molecule has 38 heavy (non-hydrogen) atoms. The van der Waals surface area contributed by atoms with Crippen molar-refractivity contribution in [1.82, 2.24) is 4.90 Å².